The smallest absolute Gasteiger partial charge is 0.307 e. The summed E-state index contributed by atoms with van der Waals surface area (Å²) >= 11 is 0. The quantitative estimate of drug-likeness (QED) is 0.791. The molecule has 2 aromatic rings. The fraction of sp³-hybridized carbons (Fsp3) is 0.294. The molecular weight excluding hydrogens is 264 g/mol. The molecule has 0 spiro atoms. The summed E-state index contributed by atoms with van der Waals surface area (Å²) in [4.78, 5) is 13.5. The molecule has 0 aliphatic heterocycles. The lowest BCUT2D eigenvalue weighted by atomic mass is 10.0. The number of benzene rings is 2. The van der Waals surface area contributed by atoms with E-state index >= 15 is 0 Å². The monoisotopic (exact) mass is 282 g/mol. The number of esters is 1. The Balaban J connectivity index is 2.26. The Morgan fingerprint density at radius 3 is 2.62 bits per heavy atom. The highest BCUT2D eigenvalue weighted by atomic mass is 16.5. The third kappa shape index (κ3) is 3.32. The lowest BCUT2D eigenvalue weighted by Gasteiger charge is -2.21. The first-order valence-corrected chi connectivity index (χ1v) is 6.96. The van der Waals surface area contributed by atoms with Gasteiger partial charge in [0.05, 0.1) is 24.7 Å². The molecule has 0 aliphatic carbocycles. The third-order valence-electron chi connectivity index (χ3n) is 3.39. The molecule has 0 N–H and O–H groups in total. The maximum Gasteiger partial charge on any atom is 0.307 e. The zero-order valence-electron chi connectivity index (χ0n) is 12.3. The minimum atomic E-state index is -0.192. The Hall–Kier alpha value is -2.54. The van der Waals surface area contributed by atoms with Gasteiger partial charge in [-0.3, -0.25) is 4.79 Å². The van der Waals surface area contributed by atoms with Gasteiger partial charge in [0.15, 0.2) is 0 Å². The van der Waals surface area contributed by atoms with E-state index in [2.05, 4.69) is 6.07 Å². The number of fused-ring (bicyclic) bond motifs is 1. The normalized spacial score (nSPS) is 10.1. The Bertz CT molecular complexity index is 689. The summed E-state index contributed by atoms with van der Waals surface area (Å²) in [6.07, 6.45) is 0.346. The Kier molecular flexibility index (Phi) is 4.78. The van der Waals surface area contributed by atoms with Crippen molar-refractivity contribution >= 4 is 22.4 Å². The van der Waals surface area contributed by atoms with Crippen LogP contribution >= 0.6 is 0 Å². The minimum Gasteiger partial charge on any atom is -0.466 e. The first-order valence-electron chi connectivity index (χ1n) is 6.96. The molecule has 0 saturated heterocycles. The first kappa shape index (κ1) is 14.9. The number of nitriles is 1. The largest absolute Gasteiger partial charge is 0.466 e. The van der Waals surface area contributed by atoms with Gasteiger partial charge >= 0.3 is 5.97 Å². The summed E-state index contributed by atoms with van der Waals surface area (Å²) in [6, 6.07) is 13.8. The molecule has 0 unspecified atom stereocenters. The number of anilines is 1. The van der Waals surface area contributed by atoms with Crippen molar-refractivity contribution in [2.45, 2.75) is 13.3 Å². The summed E-state index contributed by atoms with van der Waals surface area (Å²) in [6.45, 7) is 2.78. The Morgan fingerprint density at radius 2 is 1.95 bits per heavy atom. The molecule has 21 heavy (non-hydrogen) atoms. The van der Waals surface area contributed by atoms with E-state index in [1.165, 1.54) is 0 Å². The molecule has 2 aromatic carbocycles. The fourth-order valence-electron chi connectivity index (χ4n) is 2.33. The van der Waals surface area contributed by atoms with Gasteiger partial charge in [-0.1, -0.05) is 24.3 Å². The molecule has 0 bridgehead atoms. The van der Waals surface area contributed by atoms with Crippen LogP contribution in [-0.4, -0.2) is 26.2 Å². The lowest BCUT2D eigenvalue weighted by molar-refractivity contribution is -0.142. The molecule has 0 aliphatic rings. The minimum absolute atomic E-state index is 0.192. The molecule has 0 atom stereocenters. The van der Waals surface area contributed by atoms with Crippen molar-refractivity contribution in [3.63, 3.8) is 0 Å². The topological polar surface area (TPSA) is 53.3 Å². The van der Waals surface area contributed by atoms with Gasteiger partial charge < -0.3 is 9.64 Å². The molecule has 108 valence electrons. The molecule has 2 rings (SSSR count). The van der Waals surface area contributed by atoms with E-state index in [0.29, 0.717) is 25.1 Å². The van der Waals surface area contributed by atoms with Gasteiger partial charge in [0.1, 0.15) is 0 Å². The van der Waals surface area contributed by atoms with Crippen LogP contribution in [0, 0.1) is 11.3 Å². The number of hydrogen-bond acceptors (Lipinski definition) is 4. The van der Waals surface area contributed by atoms with Crippen LogP contribution in [0.25, 0.3) is 10.8 Å². The number of carbonyl (C=O) groups is 1. The molecule has 4 nitrogen and oxygen atoms in total. The van der Waals surface area contributed by atoms with Crippen LogP contribution in [0.2, 0.25) is 0 Å². The molecule has 0 saturated carbocycles. The van der Waals surface area contributed by atoms with Crippen LogP contribution in [0.5, 0.6) is 0 Å². The van der Waals surface area contributed by atoms with E-state index in [4.69, 9.17) is 4.74 Å². The molecule has 0 radical (unpaired) electrons. The van der Waals surface area contributed by atoms with Crippen molar-refractivity contribution in [3.05, 3.63) is 42.0 Å². The van der Waals surface area contributed by atoms with Gasteiger partial charge in [-0.15, -0.1) is 0 Å². The van der Waals surface area contributed by atoms with Crippen molar-refractivity contribution < 1.29 is 9.53 Å². The SMILES string of the molecule is CCOC(=O)CCN(C)c1ccc(C#N)c2ccccc12. The fourth-order valence-corrected chi connectivity index (χ4v) is 2.33. The predicted octanol–water partition coefficient (Wildman–Crippen LogP) is 3.10. The van der Waals surface area contributed by atoms with Crippen LogP contribution in [0.3, 0.4) is 0 Å². The first-order chi connectivity index (χ1) is 10.2. The summed E-state index contributed by atoms with van der Waals surface area (Å²) < 4.78 is 4.94. The maximum absolute atomic E-state index is 11.5. The average Bonchev–Trinajstić information content (AvgIpc) is 2.51. The number of rotatable bonds is 5. The van der Waals surface area contributed by atoms with Crippen molar-refractivity contribution in [1.29, 1.82) is 5.26 Å². The van der Waals surface area contributed by atoms with Crippen LogP contribution < -0.4 is 4.90 Å². The molecule has 4 heteroatoms. The molecule has 0 heterocycles. The Labute approximate surface area is 124 Å². The van der Waals surface area contributed by atoms with Crippen molar-refractivity contribution in [2.24, 2.45) is 0 Å². The van der Waals surface area contributed by atoms with Crippen LogP contribution in [0.4, 0.5) is 5.69 Å². The van der Waals surface area contributed by atoms with Gasteiger partial charge in [0.2, 0.25) is 0 Å². The summed E-state index contributed by atoms with van der Waals surface area (Å²) in [5, 5.41) is 11.1. The zero-order valence-corrected chi connectivity index (χ0v) is 12.3. The Morgan fingerprint density at radius 1 is 1.24 bits per heavy atom. The van der Waals surface area contributed by atoms with Gasteiger partial charge in [-0.05, 0) is 19.1 Å². The van der Waals surface area contributed by atoms with Crippen molar-refractivity contribution in [2.75, 3.05) is 25.1 Å². The van der Waals surface area contributed by atoms with Crippen LogP contribution in [-0.2, 0) is 9.53 Å². The highest BCUT2D eigenvalue weighted by Gasteiger charge is 2.10. The predicted molar refractivity (Wildman–Crippen MR) is 83.2 cm³/mol. The molecule has 0 amide bonds. The molecule has 0 fully saturated rings. The van der Waals surface area contributed by atoms with Gasteiger partial charge in [0, 0.05) is 30.1 Å². The van der Waals surface area contributed by atoms with Crippen molar-refractivity contribution in [1.82, 2.24) is 0 Å². The second-order valence-corrected chi connectivity index (χ2v) is 4.77. The summed E-state index contributed by atoms with van der Waals surface area (Å²) in [5.74, 6) is -0.192. The standard InChI is InChI=1S/C17H18N2O2/c1-3-21-17(20)10-11-19(2)16-9-8-13(12-18)14-6-4-5-7-15(14)16/h4-9H,3,10-11H2,1-2H3. The van der Waals surface area contributed by atoms with E-state index in [1.807, 2.05) is 48.3 Å². The second-order valence-electron chi connectivity index (χ2n) is 4.77. The van der Waals surface area contributed by atoms with Crippen molar-refractivity contribution in [3.8, 4) is 6.07 Å². The molecule has 0 aromatic heterocycles. The zero-order chi connectivity index (χ0) is 15.2. The van der Waals surface area contributed by atoms with E-state index in [1.54, 1.807) is 6.92 Å². The third-order valence-corrected chi connectivity index (χ3v) is 3.39. The number of ether oxygens (including phenoxy) is 1. The summed E-state index contributed by atoms with van der Waals surface area (Å²) in [5.41, 5.74) is 1.67. The van der Waals surface area contributed by atoms with E-state index in [0.717, 1.165) is 16.5 Å². The number of nitrogens with zero attached hydrogens (tertiary/aromatic N) is 2. The van der Waals surface area contributed by atoms with E-state index in [-0.39, 0.29) is 5.97 Å². The highest BCUT2D eigenvalue weighted by Crippen LogP contribution is 2.28. The number of carbonyl (C=O) groups excluding carboxylic acids is 1. The molecular formula is C17H18N2O2. The lowest BCUT2D eigenvalue weighted by Crippen LogP contribution is -2.22. The average molecular weight is 282 g/mol. The van der Waals surface area contributed by atoms with Gasteiger partial charge in [0.25, 0.3) is 0 Å². The van der Waals surface area contributed by atoms with Gasteiger partial charge in [-0.2, -0.15) is 5.26 Å². The van der Waals surface area contributed by atoms with E-state index < -0.39 is 0 Å². The van der Waals surface area contributed by atoms with Crippen LogP contribution in [0.1, 0.15) is 18.9 Å². The summed E-state index contributed by atoms with van der Waals surface area (Å²) in [7, 11) is 1.94. The maximum atomic E-state index is 11.5. The highest BCUT2D eigenvalue weighted by molar-refractivity contribution is 5.97. The van der Waals surface area contributed by atoms with E-state index in [9.17, 15) is 10.1 Å². The van der Waals surface area contributed by atoms with Gasteiger partial charge in [-0.25, -0.2) is 0 Å². The number of hydrogen-bond donors (Lipinski definition) is 0. The second kappa shape index (κ2) is 6.76. The van der Waals surface area contributed by atoms with Crippen LogP contribution in [0.15, 0.2) is 36.4 Å².